The maximum absolute atomic E-state index is 11.7. The van der Waals surface area contributed by atoms with E-state index in [0.29, 0.717) is 6.54 Å². The van der Waals surface area contributed by atoms with E-state index in [-0.39, 0.29) is 6.67 Å². The molecule has 0 saturated heterocycles. The predicted octanol–water partition coefficient (Wildman–Crippen LogP) is 2.42. The van der Waals surface area contributed by atoms with E-state index >= 15 is 0 Å². The average molecular weight is 187 g/mol. The first kappa shape index (κ1) is 9.68. The van der Waals surface area contributed by atoms with Gasteiger partial charge in [0.25, 0.3) is 0 Å². The summed E-state index contributed by atoms with van der Waals surface area (Å²) < 4.78 is 11.7. The van der Waals surface area contributed by atoms with E-state index in [9.17, 15) is 4.39 Å². The molecule has 0 aliphatic carbocycles. The Morgan fingerprint density at radius 3 is 2.75 bits per heavy atom. The molecule has 0 amide bonds. The molecule has 0 saturated carbocycles. The van der Waals surface area contributed by atoms with E-state index in [4.69, 9.17) is 0 Å². The van der Waals surface area contributed by atoms with E-state index in [1.807, 2.05) is 0 Å². The van der Waals surface area contributed by atoms with Crippen LogP contribution in [-0.4, -0.2) is 13.2 Å². The third kappa shape index (κ3) is 2.57. The molecule has 68 valence electrons. The summed E-state index contributed by atoms with van der Waals surface area (Å²) in [7, 11) is 0. The first-order chi connectivity index (χ1) is 5.74. The standard InChI is InChI=1S/C9H14FNS/c1-7-5-9(12-8(7)2)6-11-4-3-10/h5,11H,3-4,6H2,1-2H3. The van der Waals surface area contributed by atoms with Gasteiger partial charge in [-0.2, -0.15) is 0 Å². The number of hydrogen-bond acceptors (Lipinski definition) is 2. The zero-order valence-electron chi connectivity index (χ0n) is 7.48. The van der Waals surface area contributed by atoms with Crippen LogP contribution < -0.4 is 5.32 Å². The highest BCUT2D eigenvalue weighted by molar-refractivity contribution is 7.12. The van der Waals surface area contributed by atoms with Crippen molar-refractivity contribution in [3.8, 4) is 0 Å². The average Bonchev–Trinajstić information content (AvgIpc) is 2.32. The maximum atomic E-state index is 11.7. The van der Waals surface area contributed by atoms with Crippen molar-refractivity contribution < 1.29 is 4.39 Å². The lowest BCUT2D eigenvalue weighted by atomic mass is 10.3. The minimum Gasteiger partial charge on any atom is -0.309 e. The van der Waals surface area contributed by atoms with Crippen molar-refractivity contribution in [2.24, 2.45) is 0 Å². The van der Waals surface area contributed by atoms with Gasteiger partial charge in [0.1, 0.15) is 6.67 Å². The topological polar surface area (TPSA) is 12.0 Å². The van der Waals surface area contributed by atoms with Gasteiger partial charge in [-0.05, 0) is 25.5 Å². The molecule has 0 aliphatic rings. The Hall–Kier alpha value is -0.410. The van der Waals surface area contributed by atoms with Gasteiger partial charge in [0, 0.05) is 22.8 Å². The number of aryl methyl sites for hydroxylation is 2. The summed E-state index contributed by atoms with van der Waals surface area (Å²) in [5.74, 6) is 0. The molecule has 0 spiro atoms. The van der Waals surface area contributed by atoms with Gasteiger partial charge in [-0.1, -0.05) is 0 Å². The first-order valence-corrected chi connectivity index (χ1v) is 4.88. The Labute approximate surface area is 76.6 Å². The molecule has 1 nitrogen and oxygen atoms in total. The van der Waals surface area contributed by atoms with Crippen LogP contribution in [0.3, 0.4) is 0 Å². The van der Waals surface area contributed by atoms with Crippen molar-refractivity contribution in [2.45, 2.75) is 20.4 Å². The largest absolute Gasteiger partial charge is 0.309 e. The third-order valence-electron chi connectivity index (χ3n) is 1.79. The van der Waals surface area contributed by atoms with Crippen molar-refractivity contribution in [1.82, 2.24) is 5.32 Å². The second-order valence-corrected chi connectivity index (χ2v) is 4.16. The zero-order chi connectivity index (χ0) is 8.97. The second kappa shape index (κ2) is 4.58. The predicted molar refractivity (Wildman–Crippen MR) is 51.5 cm³/mol. The Balaban J connectivity index is 2.42. The summed E-state index contributed by atoms with van der Waals surface area (Å²) in [6.45, 7) is 5.17. The van der Waals surface area contributed by atoms with Gasteiger partial charge in [0.2, 0.25) is 0 Å². The van der Waals surface area contributed by atoms with Gasteiger partial charge in [0.05, 0.1) is 0 Å². The molecule has 0 aliphatic heterocycles. The fraction of sp³-hybridized carbons (Fsp3) is 0.556. The van der Waals surface area contributed by atoms with Crippen LogP contribution in [0.25, 0.3) is 0 Å². The monoisotopic (exact) mass is 187 g/mol. The third-order valence-corrected chi connectivity index (χ3v) is 2.94. The van der Waals surface area contributed by atoms with Gasteiger partial charge in [0.15, 0.2) is 0 Å². The highest BCUT2D eigenvalue weighted by Crippen LogP contribution is 2.19. The van der Waals surface area contributed by atoms with Gasteiger partial charge in [-0.3, -0.25) is 0 Å². The van der Waals surface area contributed by atoms with Crippen molar-refractivity contribution in [3.63, 3.8) is 0 Å². The van der Waals surface area contributed by atoms with Gasteiger partial charge >= 0.3 is 0 Å². The van der Waals surface area contributed by atoms with Crippen LogP contribution in [0.2, 0.25) is 0 Å². The van der Waals surface area contributed by atoms with Gasteiger partial charge in [-0.15, -0.1) is 11.3 Å². The van der Waals surface area contributed by atoms with Crippen molar-refractivity contribution in [1.29, 1.82) is 0 Å². The van der Waals surface area contributed by atoms with E-state index in [1.54, 1.807) is 11.3 Å². The lowest BCUT2D eigenvalue weighted by Gasteiger charge is -1.96. The van der Waals surface area contributed by atoms with E-state index < -0.39 is 0 Å². The second-order valence-electron chi connectivity index (χ2n) is 2.82. The summed E-state index contributed by atoms with van der Waals surface area (Å²) in [4.78, 5) is 2.64. The maximum Gasteiger partial charge on any atom is 0.102 e. The number of nitrogens with one attached hydrogen (secondary N) is 1. The van der Waals surface area contributed by atoms with Crippen LogP contribution >= 0.6 is 11.3 Å². The summed E-state index contributed by atoms with van der Waals surface area (Å²) in [6.07, 6.45) is 0. The minimum atomic E-state index is -0.288. The van der Waals surface area contributed by atoms with Crippen LogP contribution in [0.1, 0.15) is 15.3 Å². The van der Waals surface area contributed by atoms with Gasteiger partial charge in [-0.25, -0.2) is 4.39 Å². The lowest BCUT2D eigenvalue weighted by molar-refractivity contribution is 0.467. The molecule has 0 radical (unpaired) electrons. The zero-order valence-corrected chi connectivity index (χ0v) is 8.30. The van der Waals surface area contributed by atoms with Crippen molar-refractivity contribution >= 4 is 11.3 Å². The fourth-order valence-electron chi connectivity index (χ4n) is 1.02. The van der Waals surface area contributed by atoms with Crippen LogP contribution in [0.5, 0.6) is 0 Å². The van der Waals surface area contributed by atoms with Crippen LogP contribution in [0.15, 0.2) is 6.07 Å². The molecule has 0 unspecified atom stereocenters. The van der Waals surface area contributed by atoms with E-state index in [1.165, 1.54) is 15.3 Å². The Kier molecular flexibility index (Phi) is 3.69. The Morgan fingerprint density at radius 1 is 1.50 bits per heavy atom. The van der Waals surface area contributed by atoms with E-state index in [0.717, 1.165) is 6.54 Å². The van der Waals surface area contributed by atoms with Crippen LogP contribution in [0.4, 0.5) is 4.39 Å². The number of hydrogen-bond donors (Lipinski definition) is 1. The number of alkyl halides is 1. The first-order valence-electron chi connectivity index (χ1n) is 4.06. The molecule has 1 rings (SSSR count). The fourth-order valence-corrected chi connectivity index (χ4v) is 2.04. The molecule has 1 N–H and O–H groups in total. The van der Waals surface area contributed by atoms with Crippen LogP contribution in [0, 0.1) is 13.8 Å². The summed E-state index contributed by atoms with van der Waals surface area (Å²) in [5, 5.41) is 3.03. The quantitative estimate of drug-likeness (QED) is 0.714. The highest BCUT2D eigenvalue weighted by Gasteiger charge is 1.99. The lowest BCUT2D eigenvalue weighted by Crippen LogP contribution is -2.14. The molecule has 1 aromatic heterocycles. The number of thiophene rings is 1. The SMILES string of the molecule is Cc1cc(CNCCF)sc1C. The molecule has 12 heavy (non-hydrogen) atoms. The highest BCUT2D eigenvalue weighted by atomic mass is 32.1. The van der Waals surface area contributed by atoms with Crippen LogP contribution in [-0.2, 0) is 6.54 Å². The molecule has 1 aromatic rings. The number of rotatable bonds is 4. The Bertz CT molecular complexity index is 225. The normalized spacial score (nSPS) is 10.6. The molecule has 0 atom stereocenters. The van der Waals surface area contributed by atoms with Crippen molar-refractivity contribution in [3.05, 3.63) is 21.4 Å². The van der Waals surface area contributed by atoms with Crippen molar-refractivity contribution in [2.75, 3.05) is 13.2 Å². The summed E-state index contributed by atoms with van der Waals surface area (Å²) in [6, 6.07) is 2.16. The summed E-state index contributed by atoms with van der Waals surface area (Å²) in [5.41, 5.74) is 1.33. The molecule has 0 fully saturated rings. The minimum absolute atomic E-state index is 0.288. The Morgan fingerprint density at radius 2 is 2.25 bits per heavy atom. The molecule has 0 aromatic carbocycles. The van der Waals surface area contributed by atoms with Gasteiger partial charge < -0.3 is 5.32 Å². The molecule has 0 bridgehead atoms. The molecule has 3 heteroatoms. The smallest absolute Gasteiger partial charge is 0.102 e. The van der Waals surface area contributed by atoms with E-state index in [2.05, 4.69) is 25.2 Å². The molecule has 1 heterocycles. The molecular weight excluding hydrogens is 173 g/mol. The molecular formula is C9H14FNS. The summed E-state index contributed by atoms with van der Waals surface area (Å²) >= 11 is 1.78. The number of halogens is 1.